The van der Waals surface area contributed by atoms with Gasteiger partial charge in [-0.1, -0.05) is 6.07 Å². The molecule has 2 rings (SSSR count). The highest BCUT2D eigenvalue weighted by Gasteiger charge is 2.19. The van der Waals surface area contributed by atoms with Gasteiger partial charge in [-0.05, 0) is 56.7 Å². The summed E-state index contributed by atoms with van der Waals surface area (Å²) in [6, 6.07) is 3.33. The molecule has 0 saturated carbocycles. The Kier molecular flexibility index (Phi) is 4.36. The molecule has 0 bridgehead atoms. The minimum absolute atomic E-state index is 0.174. The molecule has 1 saturated heterocycles. The molecule has 1 aromatic carbocycles. The number of halogens is 1. The minimum atomic E-state index is -0.227. The summed E-state index contributed by atoms with van der Waals surface area (Å²) in [5.41, 5.74) is 8.69. The molecule has 0 aromatic heterocycles. The number of benzene rings is 1. The Morgan fingerprint density at radius 1 is 1.44 bits per heavy atom. The van der Waals surface area contributed by atoms with Gasteiger partial charge in [-0.3, -0.25) is 0 Å². The zero-order valence-electron chi connectivity index (χ0n) is 11.2. The van der Waals surface area contributed by atoms with Crippen LogP contribution in [0.5, 0.6) is 0 Å². The topological polar surface area (TPSA) is 35.2 Å². The van der Waals surface area contributed by atoms with E-state index >= 15 is 0 Å². The van der Waals surface area contributed by atoms with Crippen molar-refractivity contribution in [2.75, 3.05) is 6.61 Å². The van der Waals surface area contributed by atoms with Crippen LogP contribution in [0.15, 0.2) is 12.1 Å². The number of nitrogens with two attached hydrogens (primary N) is 1. The number of rotatable bonds is 4. The average Bonchev–Trinajstić information content (AvgIpc) is 2.77. The Hall–Kier alpha value is -0.930. The fourth-order valence-electron chi connectivity index (χ4n) is 2.78. The molecular formula is C15H22FNO. The zero-order chi connectivity index (χ0) is 13.1. The van der Waals surface area contributed by atoms with E-state index in [0.717, 1.165) is 43.4 Å². The summed E-state index contributed by atoms with van der Waals surface area (Å²) in [5, 5.41) is 0. The van der Waals surface area contributed by atoms with Gasteiger partial charge in [0.2, 0.25) is 0 Å². The molecule has 1 aromatic rings. The lowest BCUT2D eigenvalue weighted by molar-refractivity contribution is 0.101. The molecule has 2 nitrogen and oxygen atoms in total. The molecule has 0 amide bonds. The van der Waals surface area contributed by atoms with Crippen LogP contribution in [-0.4, -0.2) is 12.7 Å². The summed E-state index contributed by atoms with van der Waals surface area (Å²) in [5.74, 6) is -0.174. The predicted octanol–water partition coefficient (Wildman–Crippen LogP) is 3.40. The van der Waals surface area contributed by atoms with E-state index in [1.54, 1.807) is 6.07 Å². The molecule has 3 heteroatoms. The van der Waals surface area contributed by atoms with Crippen LogP contribution in [0.1, 0.15) is 48.4 Å². The lowest BCUT2D eigenvalue weighted by Crippen LogP contribution is -2.17. The normalized spacial score (nSPS) is 21.2. The second kappa shape index (κ2) is 5.81. The average molecular weight is 251 g/mol. The third kappa shape index (κ3) is 3.09. The summed E-state index contributed by atoms with van der Waals surface area (Å²) in [6.45, 7) is 4.69. The van der Waals surface area contributed by atoms with E-state index in [0.29, 0.717) is 11.7 Å². The van der Waals surface area contributed by atoms with Crippen molar-refractivity contribution in [2.45, 2.75) is 51.7 Å². The number of hydrogen-bond donors (Lipinski definition) is 1. The molecule has 2 unspecified atom stereocenters. The number of aryl methyl sites for hydroxylation is 2. The van der Waals surface area contributed by atoms with Gasteiger partial charge in [0, 0.05) is 18.2 Å². The van der Waals surface area contributed by atoms with E-state index in [2.05, 4.69) is 0 Å². The van der Waals surface area contributed by atoms with Crippen molar-refractivity contribution in [1.82, 2.24) is 0 Å². The summed E-state index contributed by atoms with van der Waals surface area (Å²) in [7, 11) is 0. The molecule has 1 aliphatic heterocycles. The van der Waals surface area contributed by atoms with Crippen LogP contribution in [0.3, 0.4) is 0 Å². The van der Waals surface area contributed by atoms with E-state index in [9.17, 15) is 4.39 Å². The second-order valence-electron chi connectivity index (χ2n) is 5.30. The molecule has 2 atom stereocenters. The predicted molar refractivity (Wildman–Crippen MR) is 71.0 cm³/mol. The van der Waals surface area contributed by atoms with Gasteiger partial charge >= 0.3 is 0 Å². The monoisotopic (exact) mass is 251 g/mol. The van der Waals surface area contributed by atoms with E-state index < -0.39 is 0 Å². The van der Waals surface area contributed by atoms with Crippen molar-refractivity contribution in [3.8, 4) is 0 Å². The first kappa shape index (κ1) is 13.5. The highest BCUT2D eigenvalue weighted by molar-refractivity contribution is 5.34. The largest absolute Gasteiger partial charge is 0.378 e. The van der Waals surface area contributed by atoms with Crippen LogP contribution in [-0.2, 0) is 4.74 Å². The van der Waals surface area contributed by atoms with Crippen molar-refractivity contribution in [1.29, 1.82) is 0 Å². The quantitative estimate of drug-likeness (QED) is 0.890. The Bertz CT molecular complexity index is 390. The van der Waals surface area contributed by atoms with E-state index in [-0.39, 0.29) is 11.9 Å². The van der Waals surface area contributed by atoms with Gasteiger partial charge in [0.05, 0.1) is 6.10 Å². The Balaban J connectivity index is 2.01. The lowest BCUT2D eigenvalue weighted by Gasteiger charge is -2.18. The first-order valence-electron chi connectivity index (χ1n) is 6.71. The standard InChI is InChI=1S/C15H22FNO/c1-10-8-11(2)15(13(16)9-10)14(17)6-5-12-4-3-7-18-12/h8-9,12,14H,3-7,17H2,1-2H3. The van der Waals surface area contributed by atoms with Crippen LogP contribution in [0.4, 0.5) is 4.39 Å². The van der Waals surface area contributed by atoms with Crippen LogP contribution >= 0.6 is 0 Å². The summed E-state index contributed by atoms with van der Waals surface area (Å²) in [4.78, 5) is 0. The molecule has 1 fully saturated rings. The van der Waals surface area contributed by atoms with E-state index in [1.165, 1.54) is 0 Å². The van der Waals surface area contributed by atoms with Crippen molar-refractivity contribution < 1.29 is 9.13 Å². The van der Waals surface area contributed by atoms with Crippen LogP contribution in [0.25, 0.3) is 0 Å². The minimum Gasteiger partial charge on any atom is -0.378 e. The fraction of sp³-hybridized carbons (Fsp3) is 0.600. The van der Waals surface area contributed by atoms with E-state index in [4.69, 9.17) is 10.5 Å². The zero-order valence-corrected chi connectivity index (χ0v) is 11.2. The smallest absolute Gasteiger partial charge is 0.128 e. The number of ether oxygens (including phenoxy) is 1. The number of hydrogen-bond acceptors (Lipinski definition) is 2. The first-order chi connectivity index (χ1) is 8.58. The Morgan fingerprint density at radius 2 is 2.22 bits per heavy atom. The molecule has 0 spiro atoms. The summed E-state index contributed by atoms with van der Waals surface area (Å²) in [6.07, 6.45) is 4.28. The Labute approximate surface area is 108 Å². The maximum Gasteiger partial charge on any atom is 0.128 e. The third-order valence-electron chi connectivity index (χ3n) is 3.68. The highest BCUT2D eigenvalue weighted by Crippen LogP contribution is 2.27. The van der Waals surface area contributed by atoms with Gasteiger partial charge in [0.25, 0.3) is 0 Å². The maximum atomic E-state index is 14.0. The van der Waals surface area contributed by atoms with Gasteiger partial charge in [0.1, 0.15) is 5.82 Å². The van der Waals surface area contributed by atoms with Crippen LogP contribution in [0.2, 0.25) is 0 Å². The first-order valence-corrected chi connectivity index (χ1v) is 6.71. The van der Waals surface area contributed by atoms with Gasteiger partial charge < -0.3 is 10.5 Å². The summed E-state index contributed by atoms with van der Waals surface area (Å²) >= 11 is 0. The Morgan fingerprint density at radius 3 is 2.83 bits per heavy atom. The van der Waals surface area contributed by atoms with Gasteiger partial charge in [-0.15, -0.1) is 0 Å². The molecule has 100 valence electrons. The van der Waals surface area contributed by atoms with Gasteiger partial charge in [-0.2, -0.15) is 0 Å². The fourth-order valence-corrected chi connectivity index (χ4v) is 2.78. The lowest BCUT2D eigenvalue weighted by atomic mass is 9.94. The molecule has 0 radical (unpaired) electrons. The van der Waals surface area contributed by atoms with E-state index in [1.807, 2.05) is 19.9 Å². The molecule has 0 aliphatic carbocycles. The van der Waals surface area contributed by atoms with Gasteiger partial charge in [0.15, 0.2) is 0 Å². The van der Waals surface area contributed by atoms with Crippen LogP contribution < -0.4 is 5.73 Å². The highest BCUT2D eigenvalue weighted by atomic mass is 19.1. The van der Waals surface area contributed by atoms with Gasteiger partial charge in [-0.25, -0.2) is 4.39 Å². The third-order valence-corrected chi connectivity index (χ3v) is 3.68. The van der Waals surface area contributed by atoms with Crippen molar-refractivity contribution in [2.24, 2.45) is 5.73 Å². The van der Waals surface area contributed by atoms with Crippen molar-refractivity contribution in [3.05, 3.63) is 34.6 Å². The molecule has 1 aliphatic rings. The van der Waals surface area contributed by atoms with Crippen LogP contribution in [0, 0.1) is 19.7 Å². The SMILES string of the molecule is Cc1cc(C)c(C(N)CCC2CCCO2)c(F)c1. The summed E-state index contributed by atoms with van der Waals surface area (Å²) < 4.78 is 19.5. The van der Waals surface area contributed by atoms with Crippen molar-refractivity contribution in [3.63, 3.8) is 0 Å². The molecule has 1 heterocycles. The van der Waals surface area contributed by atoms with Crippen molar-refractivity contribution >= 4 is 0 Å². The second-order valence-corrected chi connectivity index (χ2v) is 5.30. The molecular weight excluding hydrogens is 229 g/mol. The maximum absolute atomic E-state index is 14.0. The molecule has 2 N–H and O–H groups in total. The molecule has 18 heavy (non-hydrogen) atoms.